The van der Waals surface area contributed by atoms with Gasteiger partial charge in [-0.3, -0.25) is 0 Å². The second-order valence-corrected chi connectivity index (χ2v) is 6.37. The summed E-state index contributed by atoms with van der Waals surface area (Å²) in [6.07, 6.45) is 11.9. The first-order valence-electron chi connectivity index (χ1n) is 7.79. The standard InChI is InChI=1S/C15H25NO3/c17-16-12-3-5-13(6-4-12)18-11-14-7-10-15(19-14)8-1-2-9-15/h13-14,17H,1-11H2. The first-order chi connectivity index (χ1) is 9.30. The molecular weight excluding hydrogens is 242 g/mol. The van der Waals surface area contributed by atoms with Gasteiger partial charge < -0.3 is 14.7 Å². The molecule has 0 amide bonds. The van der Waals surface area contributed by atoms with Gasteiger partial charge in [0.05, 0.1) is 30.1 Å². The third-order valence-electron chi connectivity index (χ3n) is 5.02. The first kappa shape index (κ1) is 13.4. The van der Waals surface area contributed by atoms with E-state index in [1.807, 2.05) is 0 Å². The number of hydrogen-bond acceptors (Lipinski definition) is 4. The predicted molar refractivity (Wildman–Crippen MR) is 72.7 cm³/mol. The van der Waals surface area contributed by atoms with Crippen LogP contribution in [0, 0.1) is 0 Å². The van der Waals surface area contributed by atoms with Crippen LogP contribution in [0.1, 0.15) is 64.2 Å². The van der Waals surface area contributed by atoms with E-state index in [9.17, 15) is 0 Å². The van der Waals surface area contributed by atoms with E-state index in [2.05, 4.69) is 5.16 Å². The number of nitrogens with zero attached hydrogens (tertiary/aromatic N) is 1. The summed E-state index contributed by atoms with van der Waals surface area (Å²) in [6, 6.07) is 0. The van der Waals surface area contributed by atoms with Crippen molar-refractivity contribution in [3.63, 3.8) is 0 Å². The highest BCUT2D eigenvalue weighted by Gasteiger charge is 2.42. The van der Waals surface area contributed by atoms with E-state index in [-0.39, 0.29) is 5.60 Å². The monoisotopic (exact) mass is 267 g/mol. The molecule has 1 heterocycles. The second kappa shape index (κ2) is 5.80. The molecule has 0 radical (unpaired) electrons. The minimum absolute atomic E-state index is 0.220. The molecule has 1 spiro atoms. The highest BCUT2D eigenvalue weighted by Crippen LogP contribution is 2.43. The molecule has 19 heavy (non-hydrogen) atoms. The Balaban J connectivity index is 1.39. The van der Waals surface area contributed by atoms with Crippen LogP contribution < -0.4 is 0 Å². The number of ether oxygens (including phenoxy) is 2. The summed E-state index contributed by atoms with van der Waals surface area (Å²) in [5.74, 6) is 0. The molecule has 1 saturated heterocycles. The van der Waals surface area contributed by atoms with Gasteiger partial charge >= 0.3 is 0 Å². The average Bonchev–Trinajstić information content (AvgIpc) is 3.08. The molecule has 3 aliphatic rings. The predicted octanol–water partition coefficient (Wildman–Crippen LogP) is 3.27. The minimum atomic E-state index is 0.220. The van der Waals surface area contributed by atoms with Gasteiger partial charge in [0.2, 0.25) is 0 Å². The fourth-order valence-electron chi connectivity index (χ4n) is 3.83. The summed E-state index contributed by atoms with van der Waals surface area (Å²) in [4.78, 5) is 0. The maximum atomic E-state index is 8.72. The van der Waals surface area contributed by atoms with Crippen molar-refractivity contribution in [2.45, 2.75) is 82.0 Å². The molecule has 4 nitrogen and oxygen atoms in total. The molecule has 0 aromatic rings. The van der Waals surface area contributed by atoms with Gasteiger partial charge in [-0.2, -0.15) is 0 Å². The highest BCUT2D eigenvalue weighted by molar-refractivity contribution is 5.84. The largest absolute Gasteiger partial charge is 0.411 e. The van der Waals surface area contributed by atoms with E-state index in [4.69, 9.17) is 14.7 Å². The Morgan fingerprint density at radius 2 is 1.89 bits per heavy atom. The Bertz CT molecular complexity index is 326. The van der Waals surface area contributed by atoms with Gasteiger partial charge in [-0.1, -0.05) is 18.0 Å². The summed E-state index contributed by atoms with van der Waals surface area (Å²) in [5, 5.41) is 12.0. The lowest BCUT2D eigenvalue weighted by Gasteiger charge is -2.26. The van der Waals surface area contributed by atoms with E-state index < -0.39 is 0 Å². The van der Waals surface area contributed by atoms with Crippen LogP contribution in [-0.2, 0) is 9.47 Å². The van der Waals surface area contributed by atoms with Gasteiger partial charge in [0.15, 0.2) is 0 Å². The van der Waals surface area contributed by atoms with Crippen LogP contribution in [0.2, 0.25) is 0 Å². The normalized spacial score (nSPS) is 34.0. The van der Waals surface area contributed by atoms with Crippen molar-refractivity contribution >= 4 is 5.71 Å². The lowest BCUT2D eigenvalue weighted by molar-refractivity contribution is -0.0842. The Morgan fingerprint density at radius 1 is 1.16 bits per heavy atom. The van der Waals surface area contributed by atoms with Crippen molar-refractivity contribution in [2.75, 3.05) is 6.61 Å². The summed E-state index contributed by atoms with van der Waals surface area (Å²) in [5.41, 5.74) is 1.14. The molecule has 3 rings (SSSR count). The Labute approximate surface area is 115 Å². The number of oxime groups is 1. The van der Waals surface area contributed by atoms with Crippen LogP contribution in [0.3, 0.4) is 0 Å². The van der Waals surface area contributed by atoms with E-state index in [0.717, 1.165) is 44.4 Å². The maximum Gasteiger partial charge on any atom is 0.0817 e. The van der Waals surface area contributed by atoms with Crippen LogP contribution in [0.25, 0.3) is 0 Å². The van der Waals surface area contributed by atoms with Crippen LogP contribution in [0.5, 0.6) is 0 Å². The van der Waals surface area contributed by atoms with Crippen molar-refractivity contribution in [1.29, 1.82) is 0 Å². The number of hydrogen-bond donors (Lipinski definition) is 1. The molecule has 108 valence electrons. The molecule has 3 fully saturated rings. The minimum Gasteiger partial charge on any atom is -0.411 e. The summed E-state index contributed by atoms with van der Waals surface area (Å²) >= 11 is 0. The van der Waals surface area contributed by atoms with Gasteiger partial charge in [-0.15, -0.1) is 0 Å². The zero-order valence-corrected chi connectivity index (χ0v) is 11.6. The van der Waals surface area contributed by atoms with Crippen molar-refractivity contribution in [2.24, 2.45) is 5.16 Å². The summed E-state index contributed by atoms with van der Waals surface area (Å²) in [6.45, 7) is 0.748. The molecular formula is C15H25NO3. The molecule has 1 aliphatic heterocycles. The molecule has 1 unspecified atom stereocenters. The zero-order valence-electron chi connectivity index (χ0n) is 11.6. The molecule has 1 atom stereocenters. The topological polar surface area (TPSA) is 51.1 Å². The first-order valence-corrected chi connectivity index (χ1v) is 7.79. The molecule has 2 saturated carbocycles. The van der Waals surface area contributed by atoms with E-state index in [1.54, 1.807) is 0 Å². The third-order valence-corrected chi connectivity index (χ3v) is 5.02. The molecule has 0 aromatic carbocycles. The Kier molecular flexibility index (Phi) is 4.08. The van der Waals surface area contributed by atoms with Crippen molar-refractivity contribution < 1.29 is 14.7 Å². The maximum absolute atomic E-state index is 8.72. The van der Waals surface area contributed by atoms with Crippen molar-refractivity contribution in [1.82, 2.24) is 0 Å². The molecule has 0 bridgehead atoms. The zero-order chi connectivity index (χ0) is 13.1. The van der Waals surface area contributed by atoms with Crippen LogP contribution >= 0.6 is 0 Å². The lowest BCUT2D eigenvalue weighted by atomic mass is 9.96. The van der Waals surface area contributed by atoms with Gasteiger partial charge in [0.1, 0.15) is 0 Å². The quantitative estimate of drug-likeness (QED) is 0.630. The van der Waals surface area contributed by atoms with Crippen LogP contribution in [0.15, 0.2) is 5.16 Å². The highest BCUT2D eigenvalue weighted by atomic mass is 16.6. The second-order valence-electron chi connectivity index (χ2n) is 6.37. The van der Waals surface area contributed by atoms with Gasteiger partial charge in [0, 0.05) is 0 Å². The Morgan fingerprint density at radius 3 is 2.58 bits per heavy atom. The van der Waals surface area contributed by atoms with Crippen molar-refractivity contribution in [3.05, 3.63) is 0 Å². The van der Waals surface area contributed by atoms with E-state index in [0.29, 0.717) is 12.2 Å². The molecule has 0 aromatic heterocycles. The van der Waals surface area contributed by atoms with Crippen molar-refractivity contribution in [3.8, 4) is 0 Å². The van der Waals surface area contributed by atoms with Gasteiger partial charge in [-0.25, -0.2) is 0 Å². The summed E-state index contributed by atoms with van der Waals surface area (Å²) < 4.78 is 12.3. The molecule has 2 aliphatic carbocycles. The fraction of sp³-hybridized carbons (Fsp3) is 0.933. The summed E-state index contributed by atoms with van der Waals surface area (Å²) in [7, 11) is 0. The van der Waals surface area contributed by atoms with Gasteiger partial charge in [0.25, 0.3) is 0 Å². The lowest BCUT2D eigenvalue weighted by Crippen LogP contribution is -2.29. The van der Waals surface area contributed by atoms with Crippen LogP contribution in [0.4, 0.5) is 0 Å². The molecule has 4 heteroatoms. The Hall–Kier alpha value is -0.610. The van der Waals surface area contributed by atoms with E-state index >= 15 is 0 Å². The number of rotatable bonds is 3. The fourth-order valence-corrected chi connectivity index (χ4v) is 3.83. The third kappa shape index (κ3) is 3.11. The average molecular weight is 267 g/mol. The molecule has 1 N–H and O–H groups in total. The van der Waals surface area contributed by atoms with E-state index in [1.165, 1.54) is 32.1 Å². The van der Waals surface area contributed by atoms with Crippen LogP contribution in [-0.4, -0.2) is 35.3 Å². The smallest absolute Gasteiger partial charge is 0.0817 e. The van der Waals surface area contributed by atoms with Gasteiger partial charge in [-0.05, 0) is 51.4 Å². The SMILES string of the molecule is ON=C1CCC(OCC2CCC3(CCCC3)O2)CC1.